The van der Waals surface area contributed by atoms with Crippen LogP contribution in [0.25, 0.3) is 0 Å². The van der Waals surface area contributed by atoms with E-state index in [0.29, 0.717) is 19.5 Å². The van der Waals surface area contributed by atoms with Gasteiger partial charge in [-0.15, -0.1) is 0 Å². The van der Waals surface area contributed by atoms with Crippen molar-refractivity contribution in [3.63, 3.8) is 0 Å². The summed E-state index contributed by atoms with van der Waals surface area (Å²) in [5.41, 5.74) is 6.49. The van der Waals surface area contributed by atoms with E-state index in [9.17, 15) is 4.79 Å². The fourth-order valence-electron chi connectivity index (χ4n) is 1.48. The van der Waals surface area contributed by atoms with Gasteiger partial charge in [0.25, 0.3) is 0 Å². The van der Waals surface area contributed by atoms with Gasteiger partial charge in [0.1, 0.15) is 5.75 Å². The predicted molar refractivity (Wildman–Crippen MR) is 80.2 cm³/mol. The van der Waals surface area contributed by atoms with E-state index in [-0.39, 0.29) is 11.3 Å². The zero-order valence-corrected chi connectivity index (χ0v) is 13.2. The molecule has 0 fully saturated rings. The van der Waals surface area contributed by atoms with E-state index in [2.05, 4.69) is 21.2 Å². The number of nitrogens with one attached hydrogen (secondary N) is 1. The summed E-state index contributed by atoms with van der Waals surface area (Å²) < 4.78 is 6.00. The van der Waals surface area contributed by atoms with Crippen LogP contribution in [0, 0.1) is 5.41 Å². The lowest BCUT2D eigenvalue weighted by Crippen LogP contribution is -2.39. The summed E-state index contributed by atoms with van der Waals surface area (Å²) in [6.45, 7) is 5.18. The molecule has 0 aliphatic carbocycles. The normalized spacial score (nSPS) is 11.2. The molecule has 0 spiro atoms. The second kappa shape index (κ2) is 6.91. The molecule has 3 N–H and O–H groups in total. The number of hydrogen-bond donors (Lipinski definition) is 2. The van der Waals surface area contributed by atoms with E-state index < -0.39 is 0 Å². The zero-order chi connectivity index (χ0) is 14.5. The third-order valence-corrected chi connectivity index (χ3v) is 3.52. The average Bonchev–Trinajstić information content (AvgIpc) is 2.37. The number of halogens is 1. The molecule has 0 atom stereocenters. The van der Waals surface area contributed by atoms with E-state index >= 15 is 0 Å². The topological polar surface area (TPSA) is 64.3 Å². The molecule has 0 saturated carbocycles. The van der Waals surface area contributed by atoms with Crippen LogP contribution >= 0.6 is 15.9 Å². The van der Waals surface area contributed by atoms with Crippen molar-refractivity contribution in [2.75, 3.05) is 20.2 Å². The maximum Gasteiger partial charge on any atom is 0.224 e. The molecule has 1 rings (SSSR count). The average molecular weight is 329 g/mol. The third kappa shape index (κ3) is 5.20. The maximum atomic E-state index is 11.8. The highest BCUT2D eigenvalue weighted by Gasteiger charge is 2.16. The first-order valence-corrected chi connectivity index (χ1v) is 6.96. The Morgan fingerprint density at radius 2 is 2.16 bits per heavy atom. The van der Waals surface area contributed by atoms with Crippen molar-refractivity contribution < 1.29 is 9.53 Å². The number of ether oxygens (including phenoxy) is 1. The molecule has 106 valence electrons. The molecule has 0 heterocycles. The van der Waals surface area contributed by atoms with Crippen molar-refractivity contribution in [1.29, 1.82) is 0 Å². The number of carbonyl (C=O) groups is 1. The molecule has 1 amide bonds. The SMILES string of the molecule is COc1ccc(CC(=O)NCC(C)(C)CN)cc1Br. The third-order valence-electron chi connectivity index (χ3n) is 2.90. The fraction of sp³-hybridized carbons (Fsp3) is 0.500. The van der Waals surface area contributed by atoms with Crippen molar-refractivity contribution in [3.8, 4) is 5.75 Å². The highest BCUT2D eigenvalue weighted by Crippen LogP contribution is 2.25. The van der Waals surface area contributed by atoms with E-state index in [1.807, 2.05) is 32.0 Å². The van der Waals surface area contributed by atoms with E-state index in [0.717, 1.165) is 15.8 Å². The lowest BCUT2D eigenvalue weighted by molar-refractivity contribution is -0.120. The molecule has 4 nitrogen and oxygen atoms in total. The van der Waals surface area contributed by atoms with Gasteiger partial charge in [0.15, 0.2) is 0 Å². The highest BCUT2D eigenvalue weighted by atomic mass is 79.9. The van der Waals surface area contributed by atoms with Crippen LogP contribution in [0.2, 0.25) is 0 Å². The monoisotopic (exact) mass is 328 g/mol. The zero-order valence-electron chi connectivity index (χ0n) is 11.6. The summed E-state index contributed by atoms with van der Waals surface area (Å²) in [7, 11) is 1.61. The molecule has 0 bridgehead atoms. The number of benzene rings is 1. The van der Waals surface area contributed by atoms with Gasteiger partial charge < -0.3 is 15.8 Å². The minimum atomic E-state index is -0.0733. The Balaban J connectivity index is 2.55. The first-order chi connectivity index (χ1) is 8.88. The molecule has 0 aliphatic heterocycles. The van der Waals surface area contributed by atoms with Gasteiger partial charge in [-0.3, -0.25) is 4.79 Å². The summed E-state index contributed by atoms with van der Waals surface area (Å²) in [6, 6.07) is 5.63. The summed E-state index contributed by atoms with van der Waals surface area (Å²) in [5, 5.41) is 2.90. The molecule has 5 heteroatoms. The van der Waals surface area contributed by atoms with E-state index in [4.69, 9.17) is 10.5 Å². The van der Waals surface area contributed by atoms with Crippen LogP contribution in [0.1, 0.15) is 19.4 Å². The van der Waals surface area contributed by atoms with Crippen LogP contribution in [0.5, 0.6) is 5.75 Å². The number of nitrogens with two attached hydrogens (primary N) is 1. The van der Waals surface area contributed by atoms with Crippen LogP contribution < -0.4 is 15.8 Å². The van der Waals surface area contributed by atoms with Gasteiger partial charge in [-0.25, -0.2) is 0 Å². The molecule has 0 aromatic heterocycles. The molecule has 0 radical (unpaired) electrons. The Labute approximate surface area is 122 Å². The molecule has 0 saturated heterocycles. The van der Waals surface area contributed by atoms with E-state index in [1.54, 1.807) is 7.11 Å². The Morgan fingerprint density at radius 3 is 2.68 bits per heavy atom. The lowest BCUT2D eigenvalue weighted by Gasteiger charge is -2.22. The van der Waals surface area contributed by atoms with Crippen LogP contribution in [0.15, 0.2) is 22.7 Å². The van der Waals surface area contributed by atoms with E-state index in [1.165, 1.54) is 0 Å². The highest BCUT2D eigenvalue weighted by molar-refractivity contribution is 9.10. The quantitative estimate of drug-likeness (QED) is 0.840. The van der Waals surface area contributed by atoms with Crippen molar-refractivity contribution >= 4 is 21.8 Å². The predicted octanol–water partition coefficient (Wildman–Crippen LogP) is 2.10. The summed E-state index contributed by atoms with van der Waals surface area (Å²) >= 11 is 3.41. The number of hydrogen-bond acceptors (Lipinski definition) is 3. The fourth-order valence-corrected chi connectivity index (χ4v) is 2.07. The molecule has 1 aromatic rings. The summed E-state index contributed by atoms with van der Waals surface area (Å²) in [6.07, 6.45) is 0.350. The smallest absolute Gasteiger partial charge is 0.224 e. The minimum Gasteiger partial charge on any atom is -0.496 e. The minimum absolute atomic E-state index is 0.00130. The Morgan fingerprint density at radius 1 is 1.47 bits per heavy atom. The molecule has 0 aliphatic rings. The maximum absolute atomic E-state index is 11.8. The van der Waals surface area contributed by atoms with Gasteiger partial charge in [0, 0.05) is 6.54 Å². The van der Waals surface area contributed by atoms with Gasteiger partial charge in [-0.05, 0) is 45.6 Å². The summed E-state index contributed by atoms with van der Waals surface area (Å²) in [5.74, 6) is 0.756. The van der Waals surface area contributed by atoms with Crippen LogP contribution in [0.3, 0.4) is 0 Å². The molecular formula is C14H21BrN2O2. The van der Waals surface area contributed by atoms with Crippen LogP contribution in [0.4, 0.5) is 0 Å². The number of carbonyl (C=O) groups excluding carboxylic acids is 1. The van der Waals surface area contributed by atoms with Gasteiger partial charge in [-0.2, -0.15) is 0 Å². The number of methoxy groups -OCH3 is 1. The van der Waals surface area contributed by atoms with Gasteiger partial charge in [0.2, 0.25) is 5.91 Å². The largest absolute Gasteiger partial charge is 0.496 e. The van der Waals surface area contributed by atoms with Crippen LogP contribution in [-0.2, 0) is 11.2 Å². The van der Waals surface area contributed by atoms with Crippen LogP contribution in [-0.4, -0.2) is 26.1 Å². The Hall–Kier alpha value is -1.07. The van der Waals surface area contributed by atoms with Gasteiger partial charge in [-0.1, -0.05) is 19.9 Å². The standard InChI is InChI=1S/C14H21BrN2O2/c1-14(2,8-16)9-17-13(18)7-10-4-5-12(19-3)11(15)6-10/h4-6H,7-9,16H2,1-3H3,(H,17,18). The number of amides is 1. The van der Waals surface area contributed by atoms with Crippen molar-refractivity contribution in [1.82, 2.24) is 5.32 Å². The second-order valence-corrected chi connectivity index (χ2v) is 6.15. The van der Waals surface area contributed by atoms with Gasteiger partial charge >= 0.3 is 0 Å². The summed E-state index contributed by atoms with van der Waals surface area (Å²) in [4.78, 5) is 11.8. The van der Waals surface area contributed by atoms with Crippen molar-refractivity contribution in [3.05, 3.63) is 28.2 Å². The molecule has 19 heavy (non-hydrogen) atoms. The molecule has 1 aromatic carbocycles. The Bertz CT molecular complexity index is 447. The lowest BCUT2D eigenvalue weighted by atomic mass is 9.94. The molecule has 0 unspecified atom stereocenters. The van der Waals surface area contributed by atoms with Crippen molar-refractivity contribution in [2.45, 2.75) is 20.3 Å². The first-order valence-electron chi connectivity index (χ1n) is 6.17. The Kier molecular flexibility index (Phi) is 5.82. The molecular weight excluding hydrogens is 308 g/mol. The number of rotatable bonds is 6. The van der Waals surface area contributed by atoms with Crippen molar-refractivity contribution in [2.24, 2.45) is 11.1 Å². The second-order valence-electron chi connectivity index (χ2n) is 5.29. The first kappa shape index (κ1) is 16.0. The van der Waals surface area contributed by atoms with Gasteiger partial charge in [0.05, 0.1) is 18.0 Å².